The van der Waals surface area contributed by atoms with E-state index in [4.69, 9.17) is 21.1 Å². The normalized spacial score (nSPS) is 11.3. The van der Waals surface area contributed by atoms with Gasteiger partial charge in [0.2, 0.25) is 0 Å². The molecular weight excluding hydrogens is 630 g/mol. The molecule has 0 saturated heterocycles. The third kappa shape index (κ3) is 7.66. The van der Waals surface area contributed by atoms with Crippen LogP contribution in [0.25, 0.3) is 0 Å². The van der Waals surface area contributed by atoms with Gasteiger partial charge in [-0.15, -0.1) is 0 Å². The summed E-state index contributed by atoms with van der Waals surface area (Å²) in [4.78, 5) is 13.0. The van der Waals surface area contributed by atoms with Crippen LogP contribution in [0.4, 0.5) is 5.69 Å². The number of sulfonamides is 1. The molecule has 1 amide bonds. The molecule has 0 fully saturated rings. The van der Waals surface area contributed by atoms with Crippen LogP contribution in [0.15, 0.2) is 105 Å². The van der Waals surface area contributed by atoms with Gasteiger partial charge in [-0.2, -0.15) is 5.10 Å². The highest BCUT2D eigenvalue weighted by Gasteiger charge is 2.28. The minimum atomic E-state index is -4.09. The molecule has 0 atom stereocenters. The van der Waals surface area contributed by atoms with E-state index in [0.29, 0.717) is 44.4 Å². The van der Waals surface area contributed by atoms with Crippen LogP contribution in [0.1, 0.15) is 16.7 Å². The van der Waals surface area contributed by atoms with Gasteiger partial charge in [-0.25, -0.2) is 13.8 Å². The number of benzene rings is 4. The van der Waals surface area contributed by atoms with Gasteiger partial charge in [0.25, 0.3) is 15.9 Å². The maximum absolute atomic E-state index is 13.5. The topological polar surface area (TPSA) is 97.3 Å². The number of carbonyl (C=O) groups is 1. The Bertz CT molecular complexity index is 1650. The van der Waals surface area contributed by atoms with E-state index < -0.39 is 22.5 Å². The molecule has 4 aromatic rings. The Morgan fingerprint density at radius 1 is 1.02 bits per heavy atom. The van der Waals surface area contributed by atoms with Gasteiger partial charge in [-0.05, 0) is 75.9 Å². The molecule has 4 aromatic carbocycles. The van der Waals surface area contributed by atoms with Crippen LogP contribution in [0.2, 0.25) is 5.02 Å². The highest BCUT2D eigenvalue weighted by atomic mass is 79.9. The van der Waals surface area contributed by atoms with E-state index in [9.17, 15) is 13.2 Å². The van der Waals surface area contributed by atoms with Crippen molar-refractivity contribution in [1.82, 2.24) is 5.43 Å². The second kappa shape index (κ2) is 13.7. The second-order valence-electron chi connectivity index (χ2n) is 8.86. The Morgan fingerprint density at radius 2 is 1.71 bits per heavy atom. The van der Waals surface area contributed by atoms with Crippen molar-refractivity contribution in [2.75, 3.05) is 18.0 Å². The standard InChI is InChI=1S/C30H27BrClN3O5S/c1-21-13-14-24(32)17-27(21)35(41(37,38)25-11-7-4-8-12-25)19-29(36)34-33-18-23-15-26(31)30(28(16-23)39-2)40-20-22-9-5-3-6-10-22/h3-18H,19-20H2,1-2H3,(H,34,36)/b33-18-. The van der Waals surface area contributed by atoms with Crippen molar-refractivity contribution in [3.05, 3.63) is 117 Å². The van der Waals surface area contributed by atoms with Crippen molar-refractivity contribution in [1.29, 1.82) is 0 Å². The second-order valence-corrected chi connectivity index (χ2v) is 12.0. The molecule has 0 aromatic heterocycles. The number of halogens is 2. The van der Waals surface area contributed by atoms with Crippen LogP contribution in [-0.4, -0.2) is 34.2 Å². The molecule has 4 rings (SSSR count). The van der Waals surface area contributed by atoms with Gasteiger partial charge in [0.1, 0.15) is 13.2 Å². The summed E-state index contributed by atoms with van der Waals surface area (Å²) < 4.78 is 40.2. The number of rotatable bonds is 11. The Kier molecular flexibility index (Phi) is 10.0. The van der Waals surface area contributed by atoms with Gasteiger partial charge < -0.3 is 9.47 Å². The van der Waals surface area contributed by atoms with Crippen LogP contribution >= 0.6 is 27.5 Å². The highest BCUT2D eigenvalue weighted by molar-refractivity contribution is 9.10. The number of hydrogen-bond donors (Lipinski definition) is 1. The molecule has 0 bridgehead atoms. The SMILES string of the molecule is COc1cc(/C=N\NC(=O)CN(c2cc(Cl)ccc2C)S(=O)(=O)c2ccccc2)cc(Br)c1OCc1ccccc1. The first-order valence-corrected chi connectivity index (χ1v) is 15.0. The predicted molar refractivity (Wildman–Crippen MR) is 164 cm³/mol. The highest BCUT2D eigenvalue weighted by Crippen LogP contribution is 2.37. The number of anilines is 1. The van der Waals surface area contributed by atoms with Crippen LogP contribution in [0, 0.1) is 6.92 Å². The Hall–Kier alpha value is -3.86. The summed E-state index contributed by atoms with van der Waals surface area (Å²) in [6, 6.07) is 26.0. The summed E-state index contributed by atoms with van der Waals surface area (Å²) in [5, 5.41) is 4.37. The van der Waals surface area contributed by atoms with Crippen molar-refractivity contribution < 1.29 is 22.7 Å². The third-order valence-corrected chi connectivity index (χ3v) is 8.54. The molecular formula is C30H27BrClN3O5S. The van der Waals surface area contributed by atoms with E-state index in [1.165, 1.54) is 31.5 Å². The molecule has 41 heavy (non-hydrogen) atoms. The molecule has 11 heteroatoms. The van der Waals surface area contributed by atoms with Gasteiger partial charge in [0, 0.05) is 5.02 Å². The average molecular weight is 657 g/mol. The molecule has 212 valence electrons. The van der Waals surface area contributed by atoms with Crippen molar-refractivity contribution in [3.8, 4) is 11.5 Å². The van der Waals surface area contributed by atoms with Crippen LogP contribution in [0.3, 0.4) is 0 Å². The van der Waals surface area contributed by atoms with E-state index in [0.717, 1.165) is 9.87 Å². The van der Waals surface area contributed by atoms with Crippen LogP contribution in [-0.2, 0) is 21.4 Å². The fourth-order valence-corrected chi connectivity index (χ4v) is 6.14. The van der Waals surface area contributed by atoms with Gasteiger partial charge in [0.05, 0.1) is 28.4 Å². The summed E-state index contributed by atoms with van der Waals surface area (Å²) in [6.07, 6.45) is 1.42. The third-order valence-electron chi connectivity index (χ3n) is 5.94. The fourth-order valence-electron chi connectivity index (χ4n) is 3.90. The van der Waals surface area contributed by atoms with E-state index in [1.54, 1.807) is 49.4 Å². The van der Waals surface area contributed by atoms with Gasteiger partial charge in [-0.3, -0.25) is 9.10 Å². The number of methoxy groups -OCH3 is 1. The van der Waals surface area contributed by atoms with Crippen molar-refractivity contribution in [2.24, 2.45) is 5.10 Å². The lowest BCUT2D eigenvalue weighted by Crippen LogP contribution is -2.40. The molecule has 8 nitrogen and oxygen atoms in total. The zero-order valence-corrected chi connectivity index (χ0v) is 25.4. The maximum Gasteiger partial charge on any atom is 0.264 e. The molecule has 0 aliphatic heterocycles. The van der Waals surface area contributed by atoms with Crippen molar-refractivity contribution in [3.63, 3.8) is 0 Å². The van der Waals surface area contributed by atoms with E-state index in [1.807, 2.05) is 30.3 Å². The molecule has 0 spiro atoms. The number of nitrogens with zero attached hydrogens (tertiary/aromatic N) is 2. The minimum absolute atomic E-state index is 0.0437. The van der Waals surface area contributed by atoms with E-state index in [2.05, 4.69) is 26.5 Å². The maximum atomic E-state index is 13.5. The van der Waals surface area contributed by atoms with Gasteiger partial charge in [0.15, 0.2) is 11.5 Å². The summed E-state index contributed by atoms with van der Waals surface area (Å²) in [6.45, 7) is 1.58. The Labute approximate surface area is 252 Å². The fraction of sp³-hybridized carbons (Fsp3) is 0.133. The first-order valence-electron chi connectivity index (χ1n) is 12.4. The number of nitrogens with one attached hydrogen (secondary N) is 1. The van der Waals surface area contributed by atoms with Gasteiger partial charge >= 0.3 is 0 Å². The molecule has 0 heterocycles. The summed E-state index contributed by atoms with van der Waals surface area (Å²) in [5.41, 5.74) is 4.96. The van der Waals surface area contributed by atoms with E-state index >= 15 is 0 Å². The average Bonchev–Trinajstić information content (AvgIpc) is 2.97. The van der Waals surface area contributed by atoms with Crippen molar-refractivity contribution in [2.45, 2.75) is 18.4 Å². The van der Waals surface area contributed by atoms with Crippen LogP contribution in [0.5, 0.6) is 11.5 Å². The predicted octanol–water partition coefficient (Wildman–Crippen LogP) is 6.34. The number of ether oxygens (including phenoxy) is 2. The zero-order chi connectivity index (χ0) is 29.4. The van der Waals surface area contributed by atoms with Gasteiger partial charge in [-0.1, -0.05) is 66.2 Å². The molecule has 0 aliphatic rings. The quantitative estimate of drug-likeness (QED) is 0.150. The molecule has 1 N–H and O–H groups in total. The number of amides is 1. The molecule has 0 unspecified atom stereocenters. The number of hydrazone groups is 1. The van der Waals surface area contributed by atoms with E-state index in [-0.39, 0.29) is 4.90 Å². The molecule has 0 radical (unpaired) electrons. The monoisotopic (exact) mass is 655 g/mol. The Morgan fingerprint density at radius 3 is 2.39 bits per heavy atom. The summed E-state index contributed by atoms with van der Waals surface area (Å²) >= 11 is 9.69. The Balaban J connectivity index is 1.51. The number of aryl methyl sites for hydroxylation is 1. The first-order chi connectivity index (χ1) is 19.7. The summed E-state index contributed by atoms with van der Waals surface area (Å²) in [5.74, 6) is 0.352. The lowest BCUT2D eigenvalue weighted by Gasteiger charge is -2.25. The minimum Gasteiger partial charge on any atom is -0.493 e. The first kappa shape index (κ1) is 30.1. The van der Waals surface area contributed by atoms with Crippen molar-refractivity contribution >= 4 is 55.4 Å². The molecule has 0 saturated carbocycles. The zero-order valence-electron chi connectivity index (χ0n) is 22.3. The van der Waals surface area contributed by atoms with Crippen LogP contribution < -0.4 is 19.2 Å². The summed E-state index contributed by atoms with van der Waals surface area (Å²) in [7, 11) is -2.56. The smallest absolute Gasteiger partial charge is 0.264 e. The number of hydrogen-bond acceptors (Lipinski definition) is 6. The number of carbonyl (C=O) groups excluding carboxylic acids is 1. The largest absolute Gasteiger partial charge is 0.493 e. The molecule has 0 aliphatic carbocycles. The lowest BCUT2D eigenvalue weighted by molar-refractivity contribution is -0.119. The lowest BCUT2D eigenvalue weighted by atomic mass is 10.2.